The predicted octanol–water partition coefficient (Wildman–Crippen LogP) is 3.60. The van der Waals surface area contributed by atoms with Gasteiger partial charge in [-0.1, -0.05) is 12.1 Å². The second kappa shape index (κ2) is 8.48. The molecule has 0 atom stereocenters. The van der Waals surface area contributed by atoms with E-state index in [0.29, 0.717) is 18.9 Å². The minimum atomic E-state index is 0.544. The zero-order valence-electron chi connectivity index (χ0n) is 14.6. The Morgan fingerprint density at radius 1 is 1.16 bits per heavy atom. The van der Waals surface area contributed by atoms with Crippen molar-refractivity contribution in [3.05, 3.63) is 48.0 Å². The molecule has 1 N–H and O–H groups in total. The van der Waals surface area contributed by atoms with Crippen LogP contribution in [-0.2, 0) is 11.2 Å². The van der Waals surface area contributed by atoms with Crippen molar-refractivity contribution >= 4 is 16.9 Å². The number of furan rings is 1. The van der Waals surface area contributed by atoms with Crippen LogP contribution in [0.3, 0.4) is 0 Å². The number of aromatic nitrogens is 2. The largest absolute Gasteiger partial charge is 0.491 e. The molecule has 0 radical (unpaired) electrons. The van der Waals surface area contributed by atoms with E-state index in [0.717, 1.165) is 42.2 Å². The van der Waals surface area contributed by atoms with Gasteiger partial charge in [0.2, 0.25) is 5.71 Å². The Bertz CT molecular complexity index is 817. The van der Waals surface area contributed by atoms with E-state index in [1.54, 1.807) is 6.26 Å². The molecular formula is C19H23N3O3. The molecule has 3 aromatic rings. The van der Waals surface area contributed by atoms with Gasteiger partial charge in [0.15, 0.2) is 0 Å². The van der Waals surface area contributed by atoms with Crippen molar-refractivity contribution in [2.45, 2.75) is 20.3 Å². The maximum absolute atomic E-state index is 5.87. The zero-order chi connectivity index (χ0) is 17.5. The smallest absolute Gasteiger partial charge is 0.231 e. The van der Waals surface area contributed by atoms with E-state index in [1.165, 1.54) is 11.9 Å². The van der Waals surface area contributed by atoms with Crippen LogP contribution in [0.2, 0.25) is 0 Å². The van der Waals surface area contributed by atoms with Crippen molar-refractivity contribution in [1.29, 1.82) is 0 Å². The summed E-state index contributed by atoms with van der Waals surface area (Å²) in [5, 5.41) is 4.13. The molecule has 6 heteroatoms. The third-order valence-corrected chi connectivity index (χ3v) is 3.89. The molecule has 0 bridgehead atoms. The third-order valence-electron chi connectivity index (χ3n) is 3.89. The van der Waals surface area contributed by atoms with Gasteiger partial charge in [-0.3, -0.25) is 0 Å². The van der Waals surface area contributed by atoms with Crippen molar-refractivity contribution in [1.82, 2.24) is 9.97 Å². The van der Waals surface area contributed by atoms with Gasteiger partial charge < -0.3 is 19.2 Å². The van der Waals surface area contributed by atoms with Crippen LogP contribution < -0.4 is 10.1 Å². The Labute approximate surface area is 147 Å². The predicted molar refractivity (Wildman–Crippen MR) is 97.2 cm³/mol. The molecule has 1 aromatic carbocycles. The van der Waals surface area contributed by atoms with Gasteiger partial charge in [-0.05, 0) is 43.5 Å². The number of fused-ring (bicyclic) bond motifs is 1. The molecule has 3 rings (SSSR count). The lowest BCUT2D eigenvalue weighted by atomic mass is 10.1. The van der Waals surface area contributed by atoms with Crippen molar-refractivity contribution < 1.29 is 13.9 Å². The van der Waals surface area contributed by atoms with E-state index >= 15 is 0 Å². The first-order valence-electron chi connectivity index (χ1n) is 8.50. The fourth-order valence-electron chi connectivity index (χ4n) is 2.62. The Morgan fingerprint density at radius 2 is 2.08 bits per heavy atom. The SMILES string of the molecule is CCOCCc1ccc(OCCNc2ncnc3occc23)c(C)c1. The average molecular weight is 341 g/mol. The number of anilines is 1. The summed E-state index contributed by atoms with van der Waals surface area (Å²) in [6.45, 7) is 6.76. The van der Waals surface area contributed by atoms with Crippen LogP contribution in [0.1, 0.15) is 18.1 Å². The molecule has 132 valence electrons. The van der Waals surface area contributed by atoms with E-state index < -0.39 is 0 Å². The fourth-order valence-corrected chi connectivity index (χ4v) is 2.62. The molecule has 0 spiro atoms. The van der Waals surface area contributed by atoms with Gasteiger partial charge in [0.1, 0.15) is 24.5 Å². The minimum Gasteiger partial charge on any atom is -0.491 e. The summed E-state index contributed by atoms with van der Waals surface area (Å²) in [4.78, 5) is 8.30. The van der Waals surface area contributed by atoms with Crippen molar-refractivity contribution in [2.75, 3.05) is 31.7 Å². The highest BCUT2D eigenvalue weighted by Crippen LogP contribution is 2.21. The van der Waals surface area contributed by atoms with Crippen LogP contribution in [0.25, 0.3) is 11.1 Å². The topological polar surface area (TPSA) is 69.4 Å². The second-order valence-electron chi connectivity index (χ2n) is 5.68. The first-order chi connectivity index (χ1) is 12.3. The first-order valence-corrected chi connectivity index (χ1v) is 8.50. The lowest BCUT2D eigenvalue weighted by Gasteiger charge is -2.12. The second-order valence-corrected chi connectivity index (χ2v) is 5.68. The van der Waals surface area contributed by atoms with E-state index in [9.17, 15) is 0 Å². The highest BCUT2D eigenvalue weighted by atomic mass is 16.5. The Kier molecular flexibility index (Phi) is 5.85. The van der Waals surface area contributed by atoms with Gasteiger partial charge in [0.05, 0.1) is 24.8 Å². The molecule has 2 heterocycles. The summed E-state index contributed by atoms with van der Waals surface area (Å²) in [6, 6.07) is 8.12. The molecule has 0 aliphatic rings. The number of benzene rings is 1. The molecule has 2 aromatic heterocycles. The number of ether oxygens (including phenoxy) is 2. The molecule has 0 amide bonds. The summed E-state index contributed by atoms with van der Waals surface area (Å²) >= 11 is 0. The van der Waals surface area contributed by atoms with E-state index in [2.05, 4.69) is 34.3 Å². The van der Waals surface area contributed by atoms with Crippen LogP contribution in [-0.4, -0.2) is 36.3 Å². The number of nitrogens with one attached hydrogen (secondary N) is 1. The number of hydrogen-bond acceptors (Lipinski definition) is 6. The lowest BCUT2D eigenvalue weighted by molar-refractivity contribution is 0.151. The molecule has 0 saturated heterocycles. The van der Waals surface area contributed by atoms with Crippen LogP contribution >= 0.6 is 0 Å². The normalized spacial score (nSPS) is 11.0. The van der Waals surface area contributed by atoms with Crippen molar-refractivity contribution in [2.24, 2.45) is 0 Å². The third kappa shape index (κ3) is 4.48. The molecule has 25 heavy (non-hydrogen) atoms. The first kappa shape index (κ1) is 17.2. The van der Waals surface area contributed by atoms with Gasteiger partial charge in [-0.15, -0.1) is 0 Å². The summed E-state index contributed by atoms with van der Waals surface area (Å²) in [5.74, 6) is 1.66. The highest BCUT2D eigenvalue weighted by Gasteiger charge is 2.06. The quantitative estimate of drug-likeness (QED) is 0.600. The van der Waals surface area contributed by atoms with Crippen LogP contribution in [0.4, 0.5) is 5.82 Å². The van der Waals surface area contributed by atoms with E-state index in [1.807, 2.05) is 19.1 Å². The molecular weight excluding hydrogens is 318 g/mol. The van der Waals surface area contributed by atoms with Crippen LogP contribution in [0, 0.1) is 6.92 Å². The average Bonchev–Trinajstić information content (AvgIpc) is 3.10. The van der Waals surface area contributed by atoms with Gasteiger partial charge >= 0.3 is 0 Å². The van der Waals surface area contributed by atoms with Gasteiger partial charge in [0.25, 0.3) is 0 Å². The lowest BCUT2D eigenvalue weighted by Crippen LogP contribution is -2.13. The number of aryl methyl sites for hydroxylation is 1. The molecule has 0 unspecified atom stereocenters. The number of nitrogens with zero attached hydrogens (tertiary/aromatic N) is 2. The zero-order valence-corrected chi connectivity index (χ0v) is 14.6. The van der Waals surface area contributed by atoms with E-state index in [-0.39, 0.29) is 0 Å². The number of hydrogen-bond donors (Lipinski definition) is 1. The maximum atomic E-state index is 5.87. The molecule has 0 fully saturated rings. The minimum absolute atomic E-state index is 0.544. The molecule has 0 saturated carbocycles. The Hall–Kier alpha value is -2.60. The van der Waals surface area contributed by atoms with Crippen LogP contribution in [0.15, 0.2) is 41.3 Å². The summed E-state index contributed by atoms with van der Waals surface area (Å²) in [7, 11) is 0. The summed E-state index contributed by atoms with van der Waals surface area (Å²) < 4.78 is 16.5. The number of rotatable bonds is 9. The van der Waals surface area contributed by atoms with Gasteiger partial charge in [-0.25, -0.2) is 9.97 Å². The summed E-state index contributed by atoms with van der Waals surface area (Å²) in [6.07, 6.45) is 4.02. The van der Waals surface area contributed by atoms with Crippen molar-refractivity contribution in [3.63, 3.8) is 0 Å². The highest BCUT2D eigenvalue weighted by molar-refractivity contribution is 5.84. The standard InChI is InChI=1S/C19H23N3O3/c1-3-23-9-6-15-4-5-17(14(2)12-15)24-11-8-20-18-16-7-10-25-19(16)22-13-21-18/h4-5,7,10,12-13H,3,6,8-9,11H2,1-2H3,(H,20,21,22). The molecule has 6 nitrogen and oxygen atoms in total. The van der Waals surface area contributed by atoms with Crippen LogP contribution in [0.5, 0.6) is 5.75 Å². The van der Waals surface area contributed by atoms with Gasteiger partial charge in [0, 0.05) is 6.61 Å². The fraction of sp³-hybridized carbons (Fsp3) is 0.368. The monoisotopic (exact) mass is 341 g/mol. The summed E-state index contributed by atoms with van der Waals surface area (Å²) in [5.41, 5.74) is 2.98. The Balaban J connectivity index is 1.49. The van der Waals surface area contributed by atoms with Crippen molar-refractivity contribution in [3.8, 4) is 5.75 Å². The van der Waals surface area contributed by atoms with Gasteiger partial charge in [-0.2, -0.15) is 0 Å². The Morgan fingerprint density at radius 3 is 2.92 bits per heavy atom. The van der Waals surface area contributed by atoms with E-state index in [4.69, 9.17) is 13.9 Å². The maximum Gasteiger partial charge on any atom is 0.231 e. The molecule has 0 aliphatic carbocycles. The molecule has 0 aliphatic heterocycles.